The molecule has 0 radical (unpaired) electrons. The van der Waals surface area contributed by atoms with Crippen molar-refractivity contribution in [2.45, 2.75) is 32.9 Å². The molecule has 0 aliphatic rings. The molecule has 0 saturated carbocycles. The molecule has 0 unspecified atom stereocenters. The average Bonchev–Trinajstić information content (AvgIpc) is 2.82. The van der Waals surface area contributed by atoms with Crippen LogP contribution in [0.5, 0.6) is 0 Å². The van der Waals surface area contributed by atoms with Gasteiger partial charge in [0.2, 0.25) is 0 Å². The minimum Gasteiger partial charge on any atom is -0.325 e. The van der Waals surface area contributed by atoms with Crippen LogP contribution in [-0.2, 0) is 13.1 Å². The van der Waals surface area contributed by atoms with Crippen LogP contribution in [0.2, 0.25) is 0 Å². The summed E-state index contributed by atoms with van der Waals surface area (Å²) in [4.78, 5) is 0. The Labute approximate surface area is 110 Å². The zero-order valence-electron chi connectivity index (χ0n) is 10.7. The van der Waals surface area contributed by atoms with Crippen LogP contribution in [0.1, 0.15) is 25.5 Å². The Morgan fingerprint density at radius 3 is 2.68 bits per heavy atom. The summed E-state index contributed by atoms with van der Waals surface area (Å²) in [5.74, 6) is -1.76. The molecule has 0 aliphatic heterocycles. The molecular formula is C13H16F2N4. The summed E-state index contributed by atoms with van der Waals surface area (Å²) in [6.07, 6.45) is 1.94. The van der Waals surface area contributed by atoms with Gasteiger partial charge in [0.1, 0.15) is 5.69 Å². The first kappa shape index (κ1) is 13.6. The van der Waals surface area contributed by atoms with Gasteiger partial charge in [-0.2, -0.15) is 0 Å². The average molecular weight is 266 g/mol. The Hall–Kier alpha value is -1.82. The molecule has 2 aromatic rings. The van der Waals surface area contributed by atoms with Gasteiger partial charge < -0.3 is 5.73 Å². The highest BCUT2D eigenvalue weighted by Gasteiger charge is 2.15. The first-order chi connectivity index (χ1) is 9.17. The minimum atomic E-state index is -0.885. The zero-order valence-corrected chi connectivity index (χ0v) is 10.7. The van der Waals surface area contributed by atoms with E-state index in [-0.39, 0.29) is 6.54 Å². The van der Waals surface area contributed by atoms with Gasteiger partial charge in [0.05, 0.1) is 5.69 Å². The lowest BCUT2D eigenvalue weighted by Crippen LogP contribution is -2.05. The first-order valence-electron chi connectivity index (χ1n) is 6.25. The van der Waals surface area contributed by atoms with Crippen LogP contribution in [0.25, 0.3) is 11.3 Å². The zero-order chi connectivity index (χ0) is 13.8. The number of unbranched alkanes of at least 4 members (excludes halogenated alkanes) is 1. The molecule has 0 saturated heterocycles. The maximum Gasteiger partial charge on any atom is 0.159 e. The summed E-state index contributed by atoms with van der Waals surface area (Å²) in [5.41, 5.74) is 7.40. The van der Waals surface area contributed by atoms with Crippen LogP contribution in [0.3, 0.4) is 0 Å². The molecule has 0 amide bonds. The van der Waals surface area contributed by atoms with E-state index in [0.717, 1.165) is 25.0 Å². The van der Waals surface area contributed by atoms with E-state index in [1.165, 1.54) is 6.07 Å². The van der Waals surface area contributed by atoms with Gasteiger partial charge in [0, 0.05) is 18.7 Å². The Morgan fingerprint density at radius 2 is 2.05 bits per heavy atom. The number of benzene rings is 1. The third-order valence-corrected chi connectivity index (χ3v) is 2.91. The number of aryl methyl sites for hydroxylation is 1. The van der Waals surface area contributed by atoms with Crippen molar-refractivity contribution in [3.8, 4) is 11.3 Å². The molecule has 0 aliphatic carbocycles. The van der Waals surface area contributed by atoms with Crippen LogP contribution in [0.15, 0.2) is 18.2 Å². The van der Waals surface area contributed by atoms with Crippen molar-refractivity contribution in [1.29, 1.82) is 0 Å². The fourth-order valence-electron chi connectivity index (χ4n) is 1.91. The van der Waals surface area contributed by atoms with Crippen LogP contribution in [-0.4, -0.2) is 15.0 Å². The lowest BCUT2D eigenvalue weighted by Gasteiger charge is -2.07. The van der Waals surface area contributed by atoms with E-state index in [4.69, 9.17) is 5.73 Å². The molecule has 0 spiro atoms. The van der Waals surface area contributed by atoms with Crippen LogP contribution >= 0.6 is 0 Å². The van der Waals surface area contributed by atoms with Crippen molar-refractivity contribution < 1.29 is 8.78 Å². The lowest BCUT2D eigenvalue weighted by atomic mass is 10.1. The Morgan fingerprint density at radius 1 is 1.26 bits per heavy atom. The molecule has 2 N–H and O–H groups in total. The van der Waals surface area contributed by atoms with E-state index >= 15 is 0 Å². The molecule has 4 nitrogen and oxygen atoms in total. The summed E-state index contributed by atoms with van der Waals surface area (Å²) in [7, 11) is 0. The first-order valence-corrected chi connectivity index (χ1v) is 6.25. The van der Waals surface area contributed by atoms with Gasteiger partial charge in [-0.1, -0.05) is 18.6 Å². The molecule has 1 heterocycles. The van der Waals surface area contributed by atoms with Crippen LogP contribution < -0.4 is 5.73 Å². The smallest absolute Gasteiger partial charge is 0.159 e. The van der Waals surface area contributed by atoms with E-state index in [2.05, 4.69) is 17.2 Å². The number of aromatic nitrogens is 3. The third kappa shape index (κ3) is 2.78. The predicted molar refractivity (Wildman–Crippen MR) is 68.2 cm³/mol. The topological polar surface area (TPSA) is 56.7 Å². The number of nitrogens with two attached hydrogens (primary N) is 1. The second-order valence-corrected chi connectivity index (χ2v) is 4.29. The fourth-order valence-corrected chi connectivity index (χ4v) is 1.91. The number of nitrogens with zero attached hydrogens (tertiary/aromatic N) is 3. The summed E-state index contributed by atoms with van der Waals surface area (Å²) < 4.78 is 28.0. The molecule has 1 aromatic carbocycles. The molecule has 19 heavy (non-hydrogen) atoms. The molecule has 2 rings (SSSR count). The standard InChI is InChI=1S/C13H16F2N4/c1-2-3-6-19-13(12(8-16)17-18-19)9-4-5-10(14)11(15)7-9/h4-5,7H,2-3,6,8,16H2,1H3. The van der Waals surface area contributed by atoms with Crippen molar-refractivity contribution in [3.05, 3.63) is 35.5 Å². The van der Waals surface area contributed by atoms with Crippen molar-refractivity contribution in [2.24, 2.45) is 5.73 Å². The largest absolute Gasteiger partial charge is 0.325 e. The van der Waals surface area contributed by atoms with Crippen molar-refractivity contribution in [2.75, 3.05) is 0 Å². The van der Waals surface area contributed by atoms with E-state index in [9.17, 15) is 8.78 Å². The highest BCUT2D eigenvalue weighted by atomic mass is 19.2. The van der Waals surface area contributed by atoms with Crippen molar-refractivity contribution >= 4 is 0 Å². The monoisotopic (exact) mass is 266 g/mol. The van der Waals surface area contributed by atoms with Crippen LogP contribution in [0.4, 0.5) is 8.78 Å². The Kier molecular flexibility index (Phi) is 4.21. The van der Waals surface area contributed by atoms with Crippen molar-refractivity contribution in [1.82, 2.24) is 15.0 Å². The highest BCUT2D eigenvalue weighted by molar-refractivity contribution is 5.62. The van der Waals surface area contributed by atoms with E-state index < -0.39 is 11.6 Å². The summed E-state index contributed by atoms with van der Waals surface area (Å²) in [5, 5.41) is 8.01. The quantitative estimate of drug-likeness (QED) is 0.904. The number of rotatable bonds is 5. The summed E-state index contributed by atoms with van der Waals surface area (Å²) >= 11 is 0. The molecule has 6 heteroatoms. The second-order valence-electron chi connectivity index (χ2n) is 4.29. The normalized spacial score (nSPS) is 10.9. The molecule has 0 fully saturated rings. The fraction of sp³-hybridized carbons (Fsp3) is 0.385. The summed E-state index contributed by atoms with van der Waals surface area (Å²) in [6, 6.07) is 3.76. The number of halogens is 2. The van der Waals surface area contributed by atoms with E-state index in [0.29, 0.717) is 23.5 Å². The van der Waals surface area contributed by atoms with Gasteiger partial charge in [-0.15, -0.1) is 5.10 Å². The second kappa shape index (κ2) is 5.88. The minimum absolute atomic E-state index is 0.209. The lowest BCUT2D eigenvalue weighted by molar-refractivity contribution is 0.508. The van der Waals surface area contributed by atoms with Gasteiger partial charge in [0.25, 0.3) is 0 Å². The molecule has 102 valence electrons. The summed E-state index contributed by atoms with van der Waals surface area (Å²) in [6.45, 7) is 2.95. The van der Waals surface area contributed by atoms with Crippen molar-refractivity contribution in [3.63, 3.8) is 0 Å². The number of hydrogen-bond acceptors (Lipinski definition) is 3. The molecule has 0 atom stereocenters. The maximum atomic E-state index is 13.3. The molecule has 1 aromatic heterocycles. The molecule has 0 bridgehead atoms. The Balaban J connectivity index is 2.45. The Bertz CT molecular complexity index is 566. The molecular weight excluding hydrogens is 250 g/mol. The number of hydrogen-bond donors (Lipinski definition) is 1. The predicted octanol–water partition coefficient (Wildman–Crippen LogP) is 2.48. The van der Waals surface area contributed by atoms with Crippen LogP contribution in [0, 0.1) is 11.6 Å². The highest BCUT2D eigenvalue weighted by Crippen LogP contribution is 2.24. The maximum absolute atomic E-state index is 13.3. The van der Waals surface area contributed by atoms with Gasteiger partial charge in [-0.25, -0.2) is 13.5 Å². The van der Waals surface area contributed by atoms with Gasteiger partial charge in [0.15, 0.2) is 11.6 Å². The van der Waals surface area contributed by atoms with E-state index in [1.54, 1.807) is 4.68 Å². The van der Waals surface area contributed by atoms with E-state index in [1.807, 2.05) is 0 Å². The van der Waals surface area contributed by atoms with Gasteiger partial charge >= 0.3 is 0 Å². The third-order valence-electron chi connectivity index (χ3n) is 2.91. The van der Waals surface area contributed by atoms with Gasteiger partial charge in [-0.05, 0) is 24.6 Å². The van der Waals surface area contributed by atoms with Gasteiger partial charge in [-0.3, -0.25) is 0 Å². The SMILES string of the molecule is CCCCn1nnc(CN)c1-c1ccc(F)c(F)c1.